The monoisotopic (exact) mass is 437 g/mol. The second-order valence-electron chi connectivity index (χ2n) is 8.88. The van der Waals surface area contributed by atoms with Crippen LogP contribution in [0.4, 0.5) is 0 Å². The number of hydrogen-bond donors (Lipinski definition) is 1. The van der Waals surface area contributed by atoms with Crippen LogP contribution >= 0.6 is 0 Å². The van der Waals surface area contributed by atoms with Gasteiger partial charge in [0.2, 0.25) is 0 Å². The summed E-state index contributed by atoms with van der Waals surface area (Å²) in [5.74, 6) is 1.28. The van der Waals surface area contributed by atoms with Gasteiger partial charge in [0.25, 0.3) is 5.91 Å². The van der Waals surface area contributed by atoms with Gasteiger partial charge in [-0.2, -0.15) is 0 Å². The van der Waals surface area contributed by atoms with E-state index in [0.29, 0.717) is 43.4 Å². The molecule has 1 unspecified atom stereocenters. The molecule has 2 aliphatic heterocycles. The van der Waals surface area contributed by atoms with Gasteiger partial charge in [-0.25, -0.2) is 0 Å². The van der Waals surface area contributed by atoms with E-state index in [0.717, 1.165) is 30.6 Å². The normalized spacial score (nSPS) is 20.7. The molecule has 0 saturated carbocycles. The number of carbonyl (C=O) groups is 2. The molecule has 1 aliphatic carbocycles. The number of hydrogen-bond acceptors (Lipinski definition) is 5. The van der Waals surface area contributed by atoms with Gasteiger partial charge in [0.05, 0.1) is 13.5 Å². The first-order valence-electron chi connectivity index (χ1n) is 11.1. The fourth-order valence-corrected chi connectivity index (χ4v) is 5.53. The van der Waals surface area contributed by atoms with E-state index >= 15 is 0 Å². The van der Waals surface area contributed by atoms with Crippen LogP contribution in [0.15, 0.2) is 36.4 Å². The summed E-state index contributed by atoms with van der Waals surface area (Å²) in [6.07, 6.45) is 2.54. The smallest absolute Gasteiger partial charge is 0.303 e. The van der Waals surface area contributed by atoms with Crippen molar-refractivity contribution in [1.29, 1.82) is 0 Å². The molecule has 1 saturated heterocycles. The SMILES string of the molecule is COc1ccc2c(c1)C1(CCN(C(=O)c3ccc4c(c3)OCCO4)CC1)CC2CC(=O)O. The van der Waals surface area contributed by atoms with Crippen LogP contribution in [0.25, 0.3) is 0 Å². The quantitative estimate of drug-likeness (QED) is 0.787. The molecule has 0 radical (unpaired) electrons. The lowest BCUT2D eigenvalue weighted by Gasteiger charge is -2.40. The highest BCUT2D eigenvalue weighted by Gasteiger charge is 2.46. The summed E-state index contributed by atoms with van der Waals surface area (Å²) in [6, 6.07) is 11.3. The van der Waals surface area contributed by atoms with Crippen LogP contribution in [0.3, 0.4) is 0 Å². The van der Waals surface area contributed by atoms with Gasteiger partial charge in [0.1, 0.15) is 19.0 Å². The average Bonchev–Trinajstić information content (AvgIpc) is 3.10. The largest absolute Gasteiger partial charge is 0.497 e. The Bertz CT molecular complexity index is 1060. The number of fused-ring (bicyclic) bond motifs is 3. The van der Waals surface area contributed by atoms with E-state index in [1.807, 2.05) is 17.0 Å². The van der Waals surface area contributed by atoms with E-state index in [-0.39, 0.29) is 23.7 Å². The Kier molecular flexibility index (Phi) is 5.19. The summed E-state index contributed by atoms with van der Waals surface area (Å²) >= 11 is 0. The van der Waals surface area contributed by atoms with Gasteiger partial charge in [-0.1, -0.05) is 6.07 Å². The summed E-state index contributed by atoms with van der Waals surface area (Å²) < 4.78 is 16.6. The van der Waals surface area contributed by atoms with E-state index in [9.17, 15) is 14.7 Å². The molecule has 0 bridgehead atoms. The van der Waals surface area contributed by atoms with Gasteiger partial charge < -0.3 is 24.2 Å². The maximum absolute atomic E-state index is 13.2. The number of aliphatic carboxylic acids is 1. The molecular formula is C25H27NO6. The summed E-state index contributed by atoms with van der Waals surface area (Å²) in [6.45, 7) is 2.26. The second-order valence-corrected chi connectivity index (χ2v) is 8.88. The summed E-state index contributed by atoms with van der Waals surface area (Å²) in [4.78, 5) is 26.5. The Hall–Kier alpha value is -3.22. The van der Waals surface area contributed by atoms with E-state index < -0.39 is 5.97 Å². The van der Waals surface area contributed by atoms with Gasteiger partial charge in [0, 0.05) is 18.7 Å². The molecule has 1 amide bonds. The fraction of sp³-hybridized carbons (Fsp3) is 0.440. The van der Waals surface area contributed by atoms with Crippen LogP contribution in [0.5, 0.6) is 17.2 Å². The highest BCUT2D eigenvalue weighted by Crippen LogP contribution is 2.53. The molecule has 7 heteroatoms. The zero-order valence-corrected chi connectivity index (χ0v) is 18.1. The van der Waals surface area contributed by atoms with Gasteiger partial charge in [-0.3, -0.25) is 9.59 Å². The molecule has 1 fully saturated rings. The minimum Gasteiger partial charge on any atom is -0.497 e. The average molecular weight is 437 g/mol. The molecule has 32 heavy (non-hydrogen) atoms. The predicted octanol–water partition coefficient (Wildman–Crippen LogP) is 3.60. The molecule has 2 aromatic carbocycles. The highest BCUT2D eigenvalue weighted by atomic mass is 16.6. The molecule has 0 aromatic heterocycles. The third kappa shape index (κ3) is 3.55. The predicted molar refractivity (Wildman–Crippen MR) is 117 cm³/mol. The number of ether oxygens (including phenoxy) is 3. The van der Waals surface area contributed by atoms with Crippen molar-refractivity contribution in [2.75, 3.05) is 33.4 Å². The lowest BCUT2D eigenvalue weighted by atomic mass is 9.73. The zero-order valence-electron chi connectivity index (χ0n) is 18.1. The molecule has 3 aliphatic rings. The Labute approximate surface area is 186 Å². The molecule has 2 aromatic rings. The number of rotatable bonds is 4. The Morgan fingerprint density at radius 2 is 1.84 bits per heavy atom. The second kappa shape index (κ2) is 8.04. The van der Waals surface area contributed by atoms with Crippen LogP contribution in [0, 0.1) is 0 Å². The first-order valence-corrected chi connectivity index (χ1v) is 11.1. The standard InChI is InChI=1S/C25H27NO6/c1-30-18-3-4-19-17(13-23(27)28)15-25(20(19)14-18)6-8-26(9-7-25)24(29)16-2-5-21-22(12-16)32-11-10-31-21/h2-5,12,14,17H,6-11,13,15H2,1H3,(H,27,28). The van der Waals surface area contributed by atoms with Crippen molar-refractivity contribution in [3.63, 3.8) is 0 Å². The van der Waals surface area contributed by atoms with Gasteiger partial charge >= 0.3 is 5.97 Å². The van der Waals surface area contributed by atoms with Crippen molar-refractivity contribution in [2.24, 2.45) is 0 Å². The molecule has 2 heterocycles. The van der Waals surface area contributed by atoms with E-state index in [4.69, 9.17) is 14.2 Å². The van der Waals surface area contributed by atoms with Crippen molar-refractivity contribution in [1.82, 2.24) is 4.90 Å². The Balaban J connectivity index is 1.35. The lowest BCUT2D eigenvalue weighted by Crippen LogP contribution is -2.44. The minimum absolute atomic E-state index is 0.00606. The van der Waals surface area contributed by atoms with E-state index in [1.54, 1.807) is 25.3 Å². The van der Waals surface area contributed by atoms with Crippen molar-refractivity contribution < 1.29 is 28.9 Å². The number of nitrogens with zero attached hydrogens (tertiary/aromatic N) is 1. The van der Waals surface area contributed by atoms with Crippen molar-refractivity contribution in [3.8, 4) is 17.2 Å². The molecule has 1 atom stereocenters. The number of piperidine rings is 1. The summed E-state index contributed by atoms with van der Waals surface area (Å²) in [5, 5.41) is 9.42. The molecule has 7 nitrogen and oxygen atoms in total. The van der Waals surface area contributed by atoms with Gasteiger partial charge in [0.15, 0.2) is 11.5 Å². The number of amides is 1. The lowest BCUT2D eigenvalue weighted by molar-refractivity contribution is -0.137. The van der Waals surface area contributed by atoms with Gasteiger partial charge in [-0.15, -0.1) is 0 Å². The fourth-order valence-electron chi connectivity index (χ4n) is 5.53. The molecule has 168 valence electrons. The summed E-state index contributed by atoms with van der Waals surface area (Å²) in [7, 11) is 1.65. The maximum atomic E-state index is 13.2. The van der Waals surface area contributed by atoms with Crippen LogP contribution in [0.1, 0.15) is 53.1 Å². The Morgan fingerprint density at radius 3 is 2.56 bits per heavy atom. The highest BCUT2D eigenvalue weighted by molar-refractivity contribution is 5.95. The van der Waals surface area contributed by atoms with Gasteiger partial charge in [-0.05, 0) is 72.1 Å². The van der Waals surface area contributed by atoms with Crippen molar-refractivity contribution in [3.05, 3.63) is 53.1 Å². The number of methoxy groups -OCH3 is 1. The molecule has 1 N–H and O–H groups in total. The van der Waals surface area contributed by atoms with Crippen LogP contribution < -0.4 is 14.2 Å². The van der Waals surface area contributed by atoms with E-state index in [1.165, 1.54) is 5.56 Å². The molecule has 1 spiro atoms. The topological polar surface area (TPSA) is 85.3 Å². The maximum Gasteiger partial charge on any atom is 0.303 e. The number of carboxylic acid groups (broad SMARTS) is 1. The van der Waals surface area contributed by atoms with Crippen LogP contribution in [0.2, 0.25) is 0 Å². The van der Waals surface area contributed by atoms with Crippen molar-refractivity contribution >= 4 is 11.9 Å². The molecule has 5 rings (SSSR count). The van der Waals surface area contributed by atoms with Crippen LogP contribution in [-0.2, 0) is 10.2 Å². The number of carboxylic acids is 1. The van der Waals surface area contributed by atoms with E-state index in [2.05, 4.69) is 6.07 Å². The number of likely N-dealkylation sites (tertiary alicyclic amines) is 1. The summed E-state index contributed by atoms with van der Waals surface area (Å²) in [5.41, 5.74) is 2.78. The first-order chi connectivity index (χ1) is 15.5. The zero-order chi connectivity index (χ0) is 22.3. The third-order valence-corrected chi connectivity index (χ3v) is 7.13. The Morgan fingerprint density at radius 1 is 1.09 bits per heavy atom. The minimum atomic E-state index is -0.778. The number of carbonyl (C=O) groups excluding carboxylic acids is 1. The van der Waals surface area contributed by atoms with Crippen molar-refractivity contribution in [2.45, 2.75) is 37.0 Å². The molecular weight excluding hydrogens is 410 g/mol. The van der Waals surface area contributed by atoms with Crippen LogP contribution in [-0.4, -0.2) is 55.3 Å². The number of benzene rings is 2. The third-order valence-electron chi connectivity index (χ3n) is 7.13. The first kappa shape index (κ1) is 20.7.